The maximum absolute atomic E-state index is 13.8. The maximum Gasteiger partial charge on any atom is 0.129 e. The highest BCUT2D eigenvalue weighted by Crippen LogP contribution is 2.26. The van der Waals surface area contributed by atoms with Crippen molar-refractivity contribution < 1.29 is 13.2 Å². The molecule has 0 radical (unpaired) electrons. The maximum atomic E-state index is 13.8. The van der Waals surface area contributed by atoms with Gasteiger partial charge in [0.1, 0.15) is 17.5 Å². The average Bonchev–Trinajstić information content (AvgIpc) is 2.42. The molecule has 0 aliphatic rings. The normalized spacial score (nSPS) is 12.4. The summed E-state index contributed by atoms with van der Waals surface area (Å²) in [6, 6.07) is 7.20. The van der Waals surface area contributed by atoms with Crippen molar-refractivity contribution in [3.05, 3.63) is 70.0 Å². The standard InChI is InChI=1S/C15H13ClF3N/c1-20-15(11-7-9(16)5-6-14(11)19)8-10-12(17)3-2-4-13(10)18/h2-7,15,20H,8H2,1H3. The second-order valence-electron chi connectivity index (χ2n) is 4.41. The zero-order valence-electron chi connectivity index (χ0n) is 10.8. The fourth-order valence-electron chi connectivity index (χ4n) is 2.08. The SMILES string of the molecule is CNC(Cc1c(F)cccc1F)c1cc(Cl)ccc1F. The molecule has 0 aliphatic heterocycles. The summed E-state index contributed by atoms with van der Waals surface area (Å²) in [7, 11) is 1.60. The van der Waals surface area contributed by atoms with Crippen LogP contribution < -0.4 is 5.32 Å². The third kappa shape index (κ3) is 3.14. The van der Waals surface area contributed by atoms with Gasteiger partial charge >= 0.3 is 0 Å². The van der Waals surface area contributed by atoms with E-state index in [2.05, 4.69) is 5.32 Å². The molecule has 0 aromatic heterocycles. The molecule has 0 bridgehead atoms. The van der Waals surface area contributed by atoms with Crippen LogP contribution in [0.1, 0.15) is 17.2 Å². The largest absolute Gasteiger partial charge is 0.313 e. The first-order valence-electron chi connectivity index (χ1n) is 6.08. The first-order valence-corrected chi connectivity index (χ1v) is 6.46. The van der Waals surface area contributed by atoms with Crippen LogP contribution in [0.25, 0.3) is 0 Å². The highest BCUT2D eigenvalue weighted by Gasteiger charge is 2.19. The van der Waals surface area contributed by atoms with Gasteiger partial charge in [-0.05, 0) is 43.8 Å². The third-order valence-corrected chi connectivity index (χ3v) is 3.39. The molecule has 5 heteroatoms. The molecular formula is C15H13ClF3N. The van der Waals surface area contributed by atoms with Gasteiger partial charge in [0, 0.05) is 22.2 Å². The van der Waals surface area contributed by atoms with Crippen molar-refractivity contribution in [3.63, 3.8) is 0 Å². The van der Waals surface area contributed by atoms with Crippen LogP contribution in [0.15, 0.2) is 36.4 Å². The predicted octanol–water partition coefficient (Wildman–Crippen LogP) is 4.26. The number of hydrogen-bond acceptors (Lipinski definition) is 1. The second kappa shape index (κ2) is 6.29. The summed E-state index contributed by atoms with van der Waals surface area (Å²) < 4.78 is 41.1. The number of benzene rings is 2. The van der Waals surface area contributed by atoms with Crippen molar-refractivity contribution in [2.45, 2.75) is 12.5 Å². The summed E-state index contributed by atoms with van der Waals surface area (Å²) >= 11 is 5.84. The van der Waals surface area contributed by atoms with Crippen LogP contribution in [-0.2, 0) is 6.42 Å². The molecular weight excluding hydrogens is 287 g/mol. The summed E-state index contributed by atoms with van der Waals surface area (Å²) in [5.74, 6) is -1.76. The molecule has 0 heterocycles. The van der Waals surface area contributed by atoms with Crippen molar-refractivity contribution in [2.24, 2.45) is 0 Å². The quantitative estimate of drug-likeness (QED) is 0.889. The van der Waals surface area contributed by atoms with Crippen LogP contribution in [0.3, 0.4) is 0 Å². The topological polar surface area (TPSA) is 12.0 Å². The van der Waals surface area contributed by atoms with E-state index in [4.69, 9.17) is 11.6 Å². The molecule has 0 spiro atoms. The molecule has 0 fully saturated rings. The van der Waals surface area contributed by atoms with Gasteiger partial charge in [-0.1, -0.05) is 17.7 Å². The zero-order valence-corrected chi connectivity index (χ0v) is 11.5. The van der Waals surface area contributed by atoms with Gasteiger partial charge in [0.25, 0.3) is 0 Å². The Balaban J connectivity index is 2.36. The van der Waals surface area contributed by atoms with Crippen molar-refractivity contribution in [1.82, 2.24) is 5.32 Å². The van der Waals surface area contributed by atoms with Crippen LogP contribution in [-0.4, -0.2) is 7.05 Å². The van der Waals surface area contributed by atoms with E-state index in [1.807, 2.05) is 0 Å². The van der Waals surface area contributed by atoms with Crippen molar-refractivity contribution in [1.29, 1.82) is 0 Å². The Bertz CT molecular complexity index is 596. The molecule has 2 aromatic carbocycles. The summed E-state index contributed by atoms with van der Waals surface area (Å²) in [5.41, 5.74) is 0.203. The van der Waals surface area contributed by atoms with E-state index in [0.717, 1.165) is 0 Å². The first-order chi connectivity index (χ1) is 9.52. The lowest BCUT2D eigenvalue weighted by atomic mass is 9.98. The van der Waals surface area contributed by atoms with E-state index in [-0.39, 0.29) is 17.5 Å². The van der Waals surface area contributed by atoms with E-state index in [9.17, 15) is 13.2 Å². The lowest BCUT2D eigenvalue weighted by Crippen LogP contribution is -2.21. The van der Waals surface area contributed by atoms with E-state index >= 15 is 0 Å². The first kappa shape index (κ1) is 14.9. The van der Waals surface area contributed by atoms with Crippen LogP contribution in [0, 0.1) is 17.5 Å². The Labute approximate surface area is 120 Å². The number of hydrogen-bond donors (Lipinski definition) is 1. The van der Waals surface area contributed by atoms with Crippen LogP contribution in [0.5, 0.6) is 0 Å². The van der Waals surface area contributed by atoms with E-state index < -0.39 is 23.5 Å². The molecule has 1 nitrogen and oxygen atoms in total. The molecule has 106 valence electrons. The molecule has 1 unspecified atom stereocenters. The third-order valence-electron chi connectivity index (χ3n) is 3.15. The lowest BCUT2D eigenvalue weighted by Gasteiger charge is -2.18. The summed E-state index contributed by atoms with van der Waals surface area (Å²) in [4.78, 5) is 0. The summed E-state index contributed by atoms with van der Waals surface area (Å²) in [6.45, 7) is 0. The fraction of sp³-hybridized carbons (Fsp3) is 0.200. The minimum Gasteiger partial charge on any atom is -0.313 e. The van der Waals surface area contributed by atoms with Gasteiger partial charge < -0.3 is 5.32 Å². The van der Waals surface area contributed by atoms with Crippen molar-refractivity contribution >= 4 is 11.6 Å². The number of likely N-dealkylation sites (N-methyl/N-ethyl adjacent to an activating group) is 1. The number of nitrogens with one attached hydrogen (secondary N) is 1. The highest BCUT2D eigenvalue weighted by atomic mass is 35.5. The van der Waals surface area contributed by atoms with Crippen LogP contribution >= 0.6 is 11.6 Å². The number of rotatable bonds is 4. The Morgan fingerprint density at radius 3 is 2.30 bits per heavy atom. The number of halogens is 4. The van der Waals surface area contributed by atoms with Crippen LogP contribution in [0.2, 0.25) is 5.02 Å². The van der Waals surface area contributed by atoms with Crippen molar-refractivity contribution in [3.8, 4) is 0 Å². The minimum atomic E-state index is -0.646. The lowest BCUT2D eigenvalue weighted by molar-refractivity contribution is 0.497. The molecule has 2 aromatic rings. The molecule has 0 saturated carbocycles. The van der Waals surface area contributed by atoms with E-state index in [1.165, 1.54) is 36.4 Å². The van der Waals surface area contributed by atoms with Crippen LogP contribution in [0.4, 0.5) is 13.2 Å². The molecule has 0 aliphatic carbocycles. The van der Waals surface area contributed by atoms with Gasteiger partial charge in [-0.3, -0.25) is 0 Å². The van der Waals surface area contributed by atoms with Crippen molar-refractivity contribution in [2.75, 3.05) is 7.05 Å². The Hall–Kier alpha value is -1.52. The van der Waals surface area contributed by atoms with E-state index in [0.29, 0.717) is 5.02 Å². The van der Waals surface area contributed by atoms with Gasteiger partial charge in [-0.25, -0.2) is 13.2 Å². The minimum absolute atomic E-state index is 0.00767. The predicted molar refractivity (Wildman–Crippen MR) is 73.3 cm³/mol. The summed E-state index contributed by atoms with van der Waals surface area (Å²) in [6.07, 6.45) is -0.00767. The molecule has 1 atom stereocenters. The second-order valence-corrected chi connectivity index (χ2v) is 4.85. The smallest absolute Gasteiger partial charge is 0.129 e. The zero-order chi connectivity index (χ0) is 14.7. The van der Waals surface area contributed by atoms with Gasteiger partial charge in [0.2, 0.25) is 0 Å². The highest BCUT2D eigenvalue weighted by molar-refractivity contribution is 6.30. The Morgan fingerprint density at radius 2 is 1.70 bits per heavy atom. The average molecular weight is 300 g/mol. The monoisotopic (exact) mass is 299 g/mol. The Morgan fingerprint density at radius 1 is 1.05 bits per heavy atom. The van der Waals surface area contributed by atoms with Gasteiger partial charge in [0.15, 0.2) is 0 Å². The molecule has 2 rings (SSSR count). The van der Waals surface area contributed by atoms with Gasteiger partial charge in [-0.2, -0.15) is 0 Å². The van der Waals surface area contributed by atoms with Gasteiger partial charge in [0.05, 0.1) is 0 Å². The molecule has 1 N–H and O–H groups in total. The fourth-order valence-corrected chi connectivity index (χ4v) is 2.26. The Kier molecular flexibility index (Phi) is 4.68. The molecule has 20 heavy (non-hydrogen) atoms. The molecule has 0 saturated heterocycles. The summed E-state index contributed by atoms with van der Waals surface area (Å²) in [5, 5.41) is 3.23. The molecule has 0 amide bonds. The van der Waals surface area contributed by atoms with E-state index in [1.54, 1.807) is 7.05 Å². The van der Waals surface area contributed by atoms with Gasteiger partial charge in [-0.15, -0.1) is 0 Å².